The molecule has 0 aromatic heterocycles. The van der Waals surface area contributed by atoms with Crippen LogP contribution in [0, 0.1) is 0 Å². The number of anilines is 4. The van der Waals surface area contributed by atoms with Crippen LogP contribution >= 0.6 is 0 Å². The lowest BCUT2D eigenvalue weighted by Crippen LogP contribution is -2.18. The molecule has 2 heteroatoms. The van der Waals surface area contributed by atoms with E-state index in [-0.39, 0.29) is 5.41 Å². The Morgan fingerprint density at radius 2 is 1.16 bits per heavy atom. The van der Waals surface area contributed by atoms with Crippen molar-refractivity contribution in [3.63, 3.8) is 0 Å². The second-order valence-electron chi connectivity index (χ2n) is 13.6. The first-order chi connectivity index (χ1) is 24.0. The number of nitrogens with one attached hydrogen (secondary N) is 1. The van der Waals surface area contributed by atoms with Gasteiger partial charge in [-0.2, -0.15) is 0 Å². The van der Waals surface area contributed by atoms with Crippen LogP contribution in [-0.4, -0.2) is 7.05 Å². The molecule has 0 fully saturated rings. The van der Waals surface area contributed by atoms with E-state index < -0.39 is 0 Å². The SMILES string of the molecule is CNc1ccc(N(c2ccc(-c3ccc4ccccc4c3)cc2)c2ccc3ccccc3c2)cc1-c1cccc2c1/C=C\C=C/CC2(C)C. The molecule has 0 heterocycles. The van der Waals surface area contributed by atoms with E-state index in [1.165, 1.54) is 54.9 Å². The molecule has 0 saturated heterocycles. The highest BCUT2D eigenvalue weighted by molar-refractivity contribution is 5.93. The van der Waals surface area contributed by atoms with Gasteiger partial charge in [-0.1, -0.05) is 135 Å². The maximum absolute atomic E-state index is 3.50. The van der Waals surface area contributed by atoms with E-state index in [9.17, 15) is 0 Å². The molecule has 1 aliphatic carbocycles. The molecule has 1 aliphatic rings. The molecule has 7 aromatic carbocycles. The average Bonchev–Trinajstić information content (AvgIpc) is 3.14. The molecular weight excluding hydrogens is 593 g/mol. The number of hydrogen-bond acceptors (Lipinski definition) is 2. The summed E-state index contributed by atoms with van der Waals surface area (Å²) in [4.78, 5) is 2.38. The molecule has 49 heavy (non-hydrogen) atoms. The van der Waals surface area contributed by atoms with Crippen molar-refractivity contribution >= 4 is 50.4 Å². The van der Waals surface area contributed by atoms with E-state index in [4.69, 9.17) is 0 Å². The van der Waals surface area contributed by atoms with Gasteiger partial charge in [0.1, 0.15) is 0 Å². The predicted octanol–water partition coefficient (Wildman–Crippen LogP) is 13.1. The van der Waals surface area contributed by atoms with Gasteiger partial charge in [0.25, 0.3) is 0 Å². The van der Waals surface area contributed by atoms with E-state index in [1.807, 2.05) is 7.05 Å². The Labute approximate surface area is 289 Å². The third-order valence-electron chi connectivity index (χ3n) is 9.99. The summed E-state index contributed by atoms with van der Waals surface area (Å²) in [6, 6.07) is 53.2. The summed E-state index contributed by atoms with van der Waals surface area (Å²) < 4.78 is 0. The summed E-state index contributed by atoms with van der Waals surface area (Å²) >= 11 is 0. The van der Waals surface area contributed by atoms with Gasteiger partial charge in [0.05, 0.1) is 0 Å². The topological polar surface area (TPSA) is 15.3 Å². The standard InChI is InChI=1S/C47H40N2/c1-47(2)29-10-4-5-16-43-42(17-11-18-45(43)47)44-32-41(27-28-46(44)48-3)49(40-26-23-34-13-7-9-15-37(34)31-40)39-24-21-35(22-25-39)38-20-19-33-12-6-8-14-36(33)30-38/h4-28,30-32,48H,29H2,1-3H3/b10-4-,16-5-. The van der Waals surface area contributed by atoms with Gasteiger partial charge >= 0.3 is 0 Å². The van der Waals surface area contributed by atoms with E-state index in [2.05, 4.69) is 194 Å². The second-order valence-corrected chi connectivity index (χ2v) is 13.6. The van der Waals surface area contributed by atoms with E-state index >= 15 is 0 Å². The van der Waals surface area contributed by atoms with Crippen LogP contribution in [0.1, 0.15) is 31.4 Å². The molecule has 0 saturated carbocycles. The highest BCUT2D eigenvalue weighted by Gasteiger charge is 2.25. The van der Waals surface area contributed by atoms with Crippen molar-refractivity contribution in [1.82, 2.24) is 0 Å². The highest BCUT2D eigenvalue weighted by atomic mass is 15.1. The van der Waals surface area contributed by atoms with E-state index in [0.29, 0.717) is 0 Å². The van der Waals surface area contributed by atoms with Crippen molar-refractivity contribution in [2.45, 2.75) is 25.7 Å². The molecule has 0 radical (unpaired) electrons. The Morgan fingerprint density at radius 3 is 1.92 bits per heavy atom. The van der Waals surface area contributed by atoms with Crippen molar-refractivity contribution in [2.75, 3.05) is 17.3 Å². The highest BCUT2D eigenvalue weighted by Crippen LogP contribution is 2.44. The van der Waals surface area contributed by atoms with Crippen molar-refractivity contribution in [1.29, 1.82) is 0 Å². The zero-order chi connectivity index (χ0) is 33.4. The van der Waals surface area contributed by atoms with E-state index in [1.54, 1.807) is 0 Å². The summed E-state index contributed by atoms with van der Waals surface area (Å²) in [6.45, 7) is 4.69. The number of rotatable bonds is 6. The molecule has 7 aromatic rings. The van der Waals surface area contributed by atoms with Gasteiger partial charge in [0, 0.05) is 35.4 Å². The Balaban J connectivity index is 1.28. The molecular formula is C47H40N2. The number of hydrogen-bond donors (Lipinski definition) is 1. The van der Waals surface area contributed by atoms with Crippen LogP contribution in [0.4, 0.5) is 22.7 Å². The minimum atomic E-state index is 0.0218. The summed E-state index contributed by atoms with van der Waals surface area (Å²) in [5.41, 5.74) is 11.9. The smallest absolute Gasteiger partial charge is 0.0469 e. The van der Waals surface area contributed by atoms with Gasteiger partial charge in [0.2, 0.25) is 0 Å². The minimum Gasteiger partial charge on any atom is -0.388 e. The molecule has 0 amide bonds. The summed E-state index contributed by atoms with van der Waals surface area (Å²) in [5.74, 6) is 0. The molecule has 0 atom stereocenters. The second kappa shape index (κ2) is 12.6. The first-order valence-electron chi connectivity index (χ1n) is 17.2. The Morgan fingerprint density at radius 1 is 0.531 bits per heavy atom. The molecule has 0 unspecified atom stereocenters. The van der Waals surface area contributed by atoms with Gasteiger partial charge in [-0.25, -0.2) is 0 Å². The Bertz CT molecular complexity index is 2380. The van der Waals surface area contributed by atoms with Gasteiger partial charge in [0.15, 0.2) is 0 Å². The van der Waals surface area contributed by atoms with Crippen LogP contribution < -0.4 is 10.2 Å². The van der Waals surface area contributed by atoms with Crippen LogP contribution in [0.2, 0.25) is 0 Å². The molecule has 2 nitrogen and oxygen atoms in total. The fourth-order valence-electron chi connectivity index (χ4n) is 7.32. The zero-order valence-corrected chi connectivity index (χ0v) is 28.3. The number of nitrogens with zero attached hydrogens (tertiary/aromatic N) is 1. The number of fused-ring (bicyclic) bond motifs is 3. The summed E-state index contributed by atoms with van der Waals surface area (Å²) in [6.07, 6.45) is 9.91. The number of benzene rings is 7. The molecule has 0 aliphatic heterocycles. The fraction of sp³-hybridized carbons (Fsp3) is 0.106. The number of allylic oxidation sites excluding steroid dienone is 3. The average molecular weight is 633 g/mol. The predicted molar refractivity (Wildman–Crippen MR) is 212 cm³/mol. The van der Waals surface area contributed by atoms with Crippen LogP contribution in [0.5, 0.6) is 0 Å². The molecule has 1 N–H and O–H groups in total. The zero-order valence-electron chi connectivity index (χ0n) is 28.3. The minimum absolute atomic E-state index is 0.0218. The largest absolute Gasteiger partial charge is 0.388 e. The van der Waals surface area contributed by atoms with Crippen LogP contribution in [0.15, 0.2) is 164 Å². The van der Waals surface area contributed by atoms with Crippen molar-refractivity contribution in [2.24, 2.45) is 0 Å². The van der Waals surface area contributed by atoms with Gasteiger partial charge < -0.3 is 10.2 Å². The molecule has 238 valence electrons. The van der Waals surface area contributed by atoms with Crippen molar-refractivity contribution in [3.8, 4) is 22.3 Å². The maximum Gasteiger partial charge on any atom is 0.0469 e. The van der Waals surface area contributed by atoms with Gasteiger partial charge in [-0.3, -0.25) is 0 Å². The fourth-order valence-corrected chi connectivity index (χ4v) is 7.32. The van der Waals surface area contributed by atoms with Gasteiger partial charge in [-0.15, -0.1) is 0 Å². The quantitative estimate of drug-likeness (QED) is 0.196. The monoisotopic (exact) mass is 632 g/mol. The lowest BCUT2D eigenvalue weighted by Gasteiger charge is -2.29. The molecule has 0 spiro atoms. The first kappa shape index (κ1) is 30.5. The lowest BCUT2D eigenvalue weighted by molar-refractivity contribution is 0.533. The Hall–Kier alpha value is -5.86. The molecule has 0 bridgehead atoms. The maximum atomic E-state index is 3.50. The van der Waals surface area contributed by atoms with Crippen LogP contribution in [0.3, 0.4) is 0 Å². The van der Waals surface area contributed by atoms with Crippen LogP contribution in [-0.2, 0) is 5.41 Å². The molecule has 8 rings (SSSR count). The van der Waals surface area contributed by atoms with Crippen molar-refractivity contribution in [3.05, 3.63) is 175 Å². The van der Waals surface area contributed by atoms with Crippen molar-refractivity contribution < 1.29 is 0 Å². The summed E-state index contributed by atoms with van der Waals surface area (Å²) in [7, 11) is 2.01. The van der Waals surface area contributed by atoms with Gasteiger partial charge in [-0.05, 0) is 110 Å². The first-order valence-corrected chi connectivity index (χ1v) is 17.2. The van der Waals surface area contributed by atoms with E-state index in [0.717, 1.165) is 29.2 Å². The lowest BCUT2D eigenvalue weighted by atomic mass is 9.76. The van der Waals surface area contributed by atoms with Crippen LogP contribution in [0.25, 0.3) is 49.9 Å². The normalized spacial score (nSPS) is 14.8. The summed E-state index contributed by atoms with van der Waals surface area (Å²) in [5, 5.41) is 8.46. The Kier molecular flexibility index (Phi) is 7.86. The third-order valence-corrected chi connectivity index (χ3v) is 9.99. The third kappa shape index (κ3) is 5.81.